The van der Waals surface area contributed by atoms with Crippen molar-refractivity contribution >= 4 is 46.1 Å². The number of anilines is 1. The van der Waals surface area contributed by atoms with Gasteiger partial charge in [0.15, 0.2) is 0 Å². The third kappa shape index (κ3) is 4.27. The summed E-state index contributed by atoms with van der Waals surface area (Å²) in [4.78, 5) is 8.62. The Bertz CT molecular complexity index is 1100. The molecule has 1 N–H and O–H groups in total. The Kier molecular flexibility index (Phi) is 5.07. The summed E-state index contributed by atoms with van der Waals surface area (Å²) in [6.45, 7) is 0.587. The average Bonchev–Trinajstić information content (AvgIpc) is 3.05. The van der Waals surface area contributed by atoms with Gasteiger partial charge >= 0.3 is 0 Å². The molecule has 0 amide bonds. The first-order valence-electron chi connectivity index (χ1n) is 8.03. The lowest BCUT2D eigenvalue weighted by molar-refractivity contribution is 0.463. The van der Waals surface area contributed by atoms with Crippen LogP contribution in [-0.2, 0) is 6.54 Å². The number of rotatable bonds is 5. The lowest BCUT2D eigenvalue weighted by Gasteiger charge is -2.08. The molecule has 0 aliphatic rings. The summed E-state index contributed by atoms with van der Waals surface area (Å²) in [5, 5.41) is 4.81. The number of nitrogens with zero attached hydrogens (tertiary/aromatic N) is 3. The normalized spacial score (nSPS) is 10.9. The topological polar surface area (TPSA) is 51.5 Å². The molecule has 0 radical (unpaired) electrons. The molecular weight excluding hydrogens is 407 g/mol. The predicted molar refractivity (Wildman–Crippen MR) is 108 cm³/mol. The summed E-state index contributed by atoms with van der Waals surface area (Å²) in [6.07, 6.45) is 5.26. The number of aromatic nitrogens is 3. The van der Waals surface area contributed by atoms with Gasteiger partial charge in [0.25, 0.3) is 0 Å². The third-order valence-corrected chi connectivity index (χ3v) is 4.48. The average molecular weight is 420 g/mol. The van der Waals surface area contributed by atoms with E-state index < -0.39 is 0 Å². The Morgan fingerprint density at radius 1 is 0.963 bits per heavy atom. The van der Waals surface area contributed by atoms with Gasteiger partial charge in [0.1, 0.15) is 16.4 Å². The lowest BCUT2D eigenvalue weighted by Crippen LogP contribution is -1.99. The summed E-state index contributed by atoms with van der Waals surface area (Å²) >= 11 is 17.9. The Morgan fingerprint density at radius 3 is 2.56 bits per heavy atom. The molecule has 0 unspecified atom stereocenters. The van der Waals surface area contributed by atoms with Crippen LogP contribution in [0, 0.1) is 0 Å². The minimum Gasteiger partial charge on any atom is -0.438 e. The second-order valence-electron chi connectivity index (χ2n) is 5.77. The van der Waals surface area contributed by atoms with Gasteiger partial charge < -0.3 is 14.5 Å². The van der Waals surface area contributed by atoms with E-state index in [1.807, 2.05) is 53.2 Å². The van der Waals surface area contributed by atoms with E-state index in [1.54, 1.807) is 6.07 Å². The fraction of sp³-hybridized carbons (Fsp3) is 0.0526. The summed E-state index contributed by atoms with van der Waals surface area (Å²) in [6, 6.07) is 12.8. The van der Waals surface area contributed by atoms with E-state index in [1.165, 1.54) is 6.20 Å². The van der Waals surface area contributed by atoms with Gasteiger partial charge in [-0.05, 0) is 42.5 Å². The first-order valence-corrected chi connectivity index (χ1v) is 9.16. The molecule has 27 heavy (non-hydrogen) atoms. The van der Waals surface area contributed by atoms with Gasteiger partial charge in [-0.25, -0.2) is 9.97 Å². The number of ether oxygens (including phenoxy) is 1. The number of hydrogen-bond donors (Lipinski definition) is 1. The van der Waals surface area contributed by atoms with E-state index in [2.05, 4.69) is 15.3 Å². The van der Waals surface area contributed by atoms with Crippen molar-refractivity contribution in [1.82, 2.24) is 14.4 Å². The fourth-order valence-corrected chi connectivity index (χ4v) is 3.11. The van der Waals surface area contributed by atoms with Gasteiger partial charge in [-0.15, -0.1) is 0 Å². The summed E-state index contributed by atoms with van der Waals surface area (Å²) in [7, 11) is 0. The second kappa shape index (κ2) is 7.64. The molecule has 8 heteroatoms. The van der Waals surface area contributed by atoms with E-state index in [9.17, 15) is 0 Å². The SMILES string of the molecule is Clc1cnc(Oc2ccc(NCc3cn4cc(Cl)ccc4n3)cc2)c(Cl)c1. The Morgan fingerprint density at radius 2 is 1.78 bits per heavy atom. The number of nitrogens with one attached hydrogen (secondary N) is 1. The van der Waals surface area contributed by atoms with Crippen LogP contribution in [0.25, 0.3) is 5.65 Å². The van der Waals surface area contributed by atoms with Crippen molar-refractivity contribution in [3.63, 3.8) is 0 Å². The van der Waals surface area contributed by atoms with Crippen molar-refractivity contribution in [2.24, 2.45) is 0 Å². The highest BCUT2D eigenvalue weighted by Gasteiger charge is 2.06. The standard InChI is InChI=1S/C19H13Cl3N4O/c20-12-1-6-18-25-15(11-26(18)10-12)9-23-14-2-4-16(5-3-14)27-19-17(22)7-13(21)8-24-19/h1-8,10-11,23H,9H2. The van der Waals surface area contributed by atoms with E-state index in [4.69, 9.17) is 39.5 Å². The number of benzene rings is 1. The predicted octanol–water partition coefficient (Wildman–Crippen LogP) is 6.09. The van der Waals surface area contributed by atoms with Crippen LogP contribution in [-0.4, -0.2) is 14.4 Å². The molecule has 0 saturated carbocycles. The van der Waals surface area contributed by atoms with Gasteiger partial charge in [0.05, 0.1) is 22.3 Å². The molecule has 0 spiro atoms. The maximum absolute atomic E-state index is 6.07. The first-order chi connectivity index (χ1) is 13.1. The zero-order chi connectivity index (χ0) is 18.8. The van der Waals surface area contributed by atoms with Gasteiger partial charge in [-0.3, -0.25) is 0 Å². The molecule has 0 bridgehead atoms. The van der Waals surface area contributed by atoms with Crippen LogP contribution in [0.15, 0.2) is 61.1 Å². The van der Waals surface area contributed by atoms with Gasteiger partial charge in [0, 0.05) is 24.3 Å². The summed E-state index contributed by atoms with van der Waals surface area (Å²) in [5.74, 6) is 0.935. The molecule has 4 rings (SSSR count). The molecule has 0 atom stereocenters. The molecule has 1 aromatic carbocycles. The van der Waals surface area contributed by atoms with Crippen molar-refractivity contribution < 1.29 is 4.74 Å². The fourth-order valence-electron chi connectivity index (χ4n) is 2.52. The Hall–Kier alpha value is -2.47. The minimum atomic E-state index is 0.310. The maximum Gasteiger partial charge on any atom is 0.238 e. The zero-order valence-corrected chi connectivity index (χ0v) is 16.1. The highest BCUT2D eigenvalue weighted by Crippen LogP contribution is 2.29. The number of pyridine rings is 2. The molecule has 0 aliphatic heterocycles. The zero-order valence-electron chi connectivity index (χ0n) is 13.9. The number of halogens is 3. The highest BCUT2D eigenvalue weighted by molar-refractivity contribution is 6.35. The van der Waals surface area contributed by atoms with Crippen LogP contribution < -0.4 is 10.1 Å². The van der Waals surface area contributed by atoms with Crippen LogP contribution in [0.5, 0.6) is 11.6 Å². The molecule has 136 valence electrons. The molecule has 0 fully saturated rings. The molecule has 0 aliphatic carbocycles. The summed E-state index contributed by atoms with van der Waals surface area (Å²) < 4.78 is 7.58. The van der Waals surface area contributed by atoms with Crippen LogP contribution >= 0.6 is 34.8 Å². The van der Waals surface area contributed by atoms with E-state index in [-0.39, 0.29) is 0 Å². The summed E-state index contributed by atoms with van der Waals surface area (Å²) in [5.41, 5.74) is 2.70. The van der Waals surface area contributed by atoms with E-state index in [0.29, 0.717) is 33.2 Å². The van der Waals surface area contributed by atoms with Crippen molar-refractivity contribution in [2.45, 2.75) is 6.54 Å². The Balaban J connectivity index is 1.41. The Labute approximate surface area is 170 Å². The lowest BCUT2D eigenvalue weighted by atomic mass is 10.3. The quantitative estimate of drug-likeness (QED) is 0.425. The molecular formula is C19H13Cl3N4O. The van der Waals surface area contributed by atoms with E-state index >= 15 is 0 Å². The second-order valence-corrected chi connectivity index (χ2v) is 7.05. The van der Waals surface area contributed by atoms with Crippen molar-refractivity contribution in [3.05, 3.63) is 81.8 Å². The van der Waals surface area contributed by atoms with Crippen molar-refractivity contribution in [1.29, 1.82) is 0 Å². The minimum absolute atomic E-state index is 0.310. The van der Waals surface area contributed by atoms with E-state index in [0.717, 1.165) is 17.0 Å². The van der Waals surface area contributed by atoms with Crippen LogP contribution in [0.4, 0.5) is 5.69 Å². The van der Waals surface area contributed by atoms with Gasteiger partial charge in [-0.1, -0.05) is 34.8 Å². The van der Waals surface area contributed by atoms with Crippen LogP contribution in [0.1, 0.15) is 5.69 Å². The number of imidazole rings is 1. The largest absolute Gasteiger partial charge is 0.438 e. The highest BCUT2D eigenvalue weighted by atomic mass is 35.5. The van der Waals surface area contributed by atoms with Crippen molar-refractivity contribution in [2.75, 3.05) is 5.32 Å². The first kappa shape index (κ1) is 17.9. The van der Waals surface area contributed by atoms with Gasteiger partial charge in [-0.2, -0.15) is 0 Å². The molecule has 4 aromatic rings. The molecule has 5 nitrogen and oxygen atoms in total. The van der Waals surface area contributed by atoms with Crippen LogP contribution in [0.3, 0.4) is 0 Å². The molecule has 0 saturated heterocycles. The number of hydrogen-bond acceptors (Lipinski definition) is 4. The van der Waals surface area contributed by atoms with Crippen LogP contribution in [0.2, 0.25) is 15.1 Å². The van der Waals surface area contributed by atoms with Gasteiger partial charge in [0.2, 0.25) is 5.88 Å². The molecule has 3 aromatic heterocycles. The van der Waals surface area contributed by atoms with Crippen molar-refractivity contribution in [3.8, 4) is 11.6 Å². The monoisotopic (exact) mass is 418 g/mol. The third-order valence-electron chi connectivity index (χ3n) is 3.78. The molecule has 3 heterocycles. The maximum atomic E-state index is 6.07. The smallest absolute Gasteiger partial charge is 0.238 e. The number of fused-ring (bicyclic) bond motifs is 1.